The molecular weight excluding hydrogens is 457 g/mol. The van der Waals surface area contributed by atoms with Crippen LogP contribution in [0.3, 0.4) is 0 Å². The number of hydrogen-bond acceptors (Lipinski definition) is 5. The lowest BCUT2D eigenvalue weighted by atomic mass is 9.93. The highest BCUT2D eigenvalue weighted by molar-refractivity contribution is 6.00. The molecule has 5 rings (SSSR count). The predicted octanol–water partition coefficient (Wildman–Crippen LogP) is 5.53. The summed E-state index contributed by atoms with van der Waals surface area (Å²) in [7, 11) is 1.61. The number of amides is 1. The Hall–Kier alpha value is -4.46. The molecule has 0 bridgehead atoms. The van der Waals surface area contributed by atoms with Crippen LogP contribution in [0.15, 0.2) is 78.9 Å². The molecule has 0 aliphatic carbocycles. The van der Waals surface area contributed by atoms with E-state index in [2.05, 4.69) is 45.0 Å². The number of hydrogen-bond donors (Lipinski definition) is 2. The van der Waals surface area contributed by atoms with E-state index >= 15 is 0 Å². The number of fused-ring (bicyclic) bond motifs is 1. The Balaban J connectivity index is 1.39. The molecule has 2 atom stereocenters. The third kappa shape index (κ3) is 5.12. The van der Waals surface area contributed by atoms with Gasteiger partial charge in [0, 0.05) is 6.08 Å². The van der Waals surface area contributed by atoms with Gasteiger partial charge >= 0.3 is 0 Å². The summed E-state index contributed by atoms with van der Waals surface area (Å²) in [6.45, 7) is 2.05. The van der Waals surface area contributed by atoms with Crippen LogP contribution in [0, 0.1) is 12.7 Å². The van der Waals surface area contributed by atoms with Crippen LogP contribution >= 0.6 is 0 Å². The highest BCUT2D eigenvalue weighted by Gasteiger charge is 2.31. The van der Waals surface area contributed by atoms with Gasteiger partial charge in [-0.1, -0.05) is 54.1 Å². The van der Waals surface area contributed by atoms with E-state index in [-0.39, 0.29) is 29.8 Å². The van der Waals surface area contributed by atoms with Gasteiger partial charge < -0.3 is 10.1 Å². The van der Waals surface area contributed by atoms with Crippen molar-refractivity contribution in [3.63, 3.8) is 0 Å². The van der Waals surface area contributed by atoms with Gasteiger partial charge in [0.25, 0.3) is 11.9 Å². The number of nitrogens with one attached hydrogen (secondary N) is 2. The molecule has 7 nitrogen and oxygen atoms in total. The molecule has 0 spiro atoms. The SMILES string of the molecule is COc1ccc(/C=C/C(=O)Nc2nc3n(n2)C(c2ccc(F)cc2)CC(c2ccc(C)cc2)N3)cc1. The lowest BCUT2D eigenvalue weighted by Gasteiger charge is -2.31. The van der Waals surface area contributed by atoms with Crippen molar-refractivity contribution in [2.75, 3.05) is 17.7 Å². The average Bonchev–Trinajstić information content (AvgIpc) is 3.30. The van der Waals surface area contributed by atoms with Crippen molar-refractivity contribution >= 4 is 23.9 Å². The quantitative estimate of drug-likeness (QED) is 0.352. The van der Waals surface area contributed by atoms with Gasteiger partial charge in [-0.2, -0.15) is 4.98 Å². The van der Waals surface area contributed by atoms with Gasteiger partial charge in [-0.05, 0) is 60.4 Å². The summed E-state index contributed by atoms with van der Waals surface area (Å²) >= 11 is 0. The van der Waals surface area contributed by atoms with E-state index in [0.717, 1.165) is 22.4 Å². The summed E-state index contributed by atoms with van der Waals surface area (Å²) in [6.07, 6.45) is 3.83. The summed E-state index contributed by atoms with van der Waals surface area (Å²) in [5, 5.41) is 10.7. The summed E-state index contributed by atoms with van der Waals surface area (Å²) in [5.41, 5.74) is 4.08. The first-order valence-corrected chi connectivity index (χ1v) is 11.7. The van der Waals surface area contributed by atoms with Crippen molar-refractivity contribution in [2.45, 2.75) is 25.4 Å². The van der Waals surface area contributed by atoms with Crippen LogP contribution in [0.2, 0.25) is 0 Å². The molecule has 1 aromatic heterocycles. The molecule has 1 amide bonds. The van der Waals surface area contributed by atoms with E-state index in [1.54, 1.807) is 30.0 Å². The van der Waals surface area contributed by atoms with Crippen molar-refractivity contribution in [1.82, 2.24) is 14.8 Å². The van der Waals surface area contributed by atoms with Crippen LogP contribution in [0.25, 0.3) is 6.08 Å². The first kappa shape index (κ1) is 23.3. The number of methoxy groups -OCH3 is 1. The highest BCUT2D eigenvalue weighted by Crippen LogP contribution is 2.38. The maximum absolute atomic E-state index is 13.6. The Bertz CT molecular complexity index is 1380. The highest BCUT2D eigenvalue weighted by atomic mass is 19.1. The van der Waals surface area contributed by atoms with Gasteiger partial charge in [0.1, 0.15) is 11.6 Å². The molecule has 2 heterocycles. The number of anilines is 2. The maximum Gasteiger partial charge on any atom is 0.250 e. The number of ether oxygens (including phenoxy) is 1. The van der Waals surface area contributed by atoms with Crippen LogP contribution in [0.1, 0.15) is 40.8 Å². The second-order valence-electron chi connectivity index (χ2n) is 8.71. The van der Waals surface area contributed by atoms with Crippen LogP contribution in [-0.4, -0.2) is 27.8 Å². The zero-order valence-electron chi connectivity index (χ0n) is 20.0. The Morgan fingerprint density at radius 3 is 2.44 bits per heavy atom. The number of halogens is 1. The van der Waals surface area contributed by atoms with Crippen LogP contribution in [-0.2, 0) is 4.79 Å². The van der Waals surface area contributed by atoms with E-state index in [4.69, 9.17) is 4.74 Å². The van der Waals surface area contributed by atoms with E-state index in [0.29, 0.717) is 12.4 Å². The zero-order valence-corrected chi connectivity index (χ0v) is 20.0. The third-order valence-electron chi connectivity index (χ3n) is 6.20. The van der Waals surface area contributed by atoms with Crippen LogP contribution in [0.4, 0.5) is 16.3 Å². The van der Waals surface area contributed by atoms with Crippen LogP contribution in [0.5, 0.6) is 5.75 Å². The number of benzene rings is 3. The first-order valence-electron chi connectivity index (χ1n) is 11.7. The Morgan fingerprint density at radius 1 is 1.06 bits per heavy atom. The molecule has 3 aromatic carbocycles. The second-order valence-corrected chi connectivity index (χ2v) is 8.71. The zero-order chi connectivity index (χ0) is 25.1. The first-order chi connectivity index (χ1) is 17.5. The molecule has 8 heteroatoms. The molecule has 0 radical (unpaired) electrons. The van der Waals surface area contributed by atoms with Gasteiger partial charge in [-0.15, -0.1) is 5.10 Å². The number of nitrogens with zero attached hydrogens (tertiary/aromatic N) is 3. The smallest absolute Gasteiger partial charge is 0.250 e. The molecule has 1 aliphatic heterocycles. The maximum atomic E-state index is 13.6. The van der Waals surface area contributed by atoms with E-state index < -0.39 is 0 Å². The Labute approximate surface area is 208 Å². The summed E-state index contributed by atoms with van der Waals surface area (Å²) in [4.78, 5) is 17.1. The molecule has 1 aliphatic rings. The lowest BCUT2D eigenvalue weighted by Crippen LogP contribution is -2.28. The number of aryl methyl sites for hydroxylation is 1. The largest absolute Gasteiger partial charge is 0.497 e. The van der Waals surface area contributed by atoms with Gasteiger partial charge in [0.2, 0.25) is 5.95 Å². The van der Waals surface area contributed by atoms with Crippen molar-refractivity contribution in [1.29, 1.82) is 0 Å². The third-order valence-corrected chi connectivity index (χ3v) is 6.20. The minimum Gasteiger partial charge on any atom is -0.497 e. The molecule has 0 saturated carbocycles. The number of rotatable bonds is 6. The Kier molecular flexibility index (Phi) is 6.49. The lowest BCUT2D eigenvalue weighted by molar-refractivity contribution is -0.111. The predicted molar refractivity (Wildman–Crippen MR) is 137 cm³/mol. The molecule has 0 fully saturated rings. The fourth-order valence-corrected chi connectivity index (χ4v) is 4.25. The van der Waals surface area contributed by atoms with Crippen molar-refractivity contribution < 1.29 is 13.9 Å². The van der Waals surface area contributed by atoms with Gasteiger partial charge in [0.05, 0.1) is 19.2 Å². The standard InChI is InChI=1S/C28H26FN5O2/c1-18-3-8-20(9-4-18)24-17-25(21-10-12-22(29)13-11-21)34-28(30-24)32-27(33-34)31-26(35)16-7-19-5-14-23(36-2)15-6-19/h3-16,24-25H,17H2,1-2H3,(H2,30,31,32,33,35)/b16-7+. The minimum atomic E-state index is -0.345. The van der Waals surface area contributed by atoms with E-state index in [1.807, 2.05) is 31.2 Å². The monoisotopic (exact) mass is 483 g/mol. The molecule has 2 unspecified atom stereocenters. The van der Waals surface area contributed by atoms with Crippen molar-refractivity contribution in [3.8, 4) is 5.75 Å². The van der Waals surface area contributed by atoms with Crippen LogP contribution < -0.4 is 15.4 Å². The summed E-state index contributed by atoms with van der Waals surface area (Å²) < 4.78 is 20.5. The van der Waals surface area contributed by atoms with Crippen molar-refractivity contribution in [3.05, 3.63) is 107 Å². The average molecular weight is 484 g/mol. The fraction of sp³-hybridized carbons (Fsp3) is 0.179. The minimum absolute atomic E-state index is 0.0177. The molecular formula is C28H26FN5O2. The van der Waals surface area contributed by atoms with Gasteiger partial charge in [0.15, 0.2) is 0 Å². The Morgan fingerprint density at radius 2 is 1.75 bits per heavy atom. The molecule has 4 aromatic rings. The number of aromatic nitrogens is 3. The van der Waals surface area contributed by atoms with Crippen molar-refractivity contribution in [2.24, 2.45) is 0 Å². The second kappa shape index (κ2) is 10.0. The molecule has 36 heavy (non-hydrogen) atoms. The number of carbonyl (C=O) groups is 1. The summed E-state index contributed by atoms with van der Waals surface area (Å²) in [5.74, 6) is 0.839. The molecule has 182 valence electrons. The molecule has 2 N–H and O–H groups in total. The van der Waals surface area contributed by atoms with E-state index in [1.165, 1.54) is 23.8 Å². The topological polar surface area (TPSA) is 81.1 Å². The van der Waals surface area contributed by atoms with Gasteiger partial charge in [-0.3, -0.25) is 10.1 Å². The summed E-state index contributed by atoms with van der Waals surface area (Å²) in [6, 6.07) is 21.9. The van der Waals surface area contributed by atoms with E-state index in [9.17, 15) is 9.18 Å². The number of carbonyl (C=O) groups excluding carboxylic acids is 1. The molecule has 0 saturated heterocycles. The van der Waals surface area contributed by atoms with Gasteiger partial charge in [-0.25, -0.2) is 9.07 Å². The normalized spacial score (nSPS) is 16.9. The fourth-order valence-electron chi connectivity index (χ4n) is 4.25.